The van der Waals surface area contributed by atoms with E-state index in [1.807, 2.05) is 0 Å². The van der Waals surface area contributed by atoms with E-state index in [9.17, 15) is 19.7 Å². The molecule has 12 nitrogen and oxygen atoms in total. The van der Waals surface area contributed by atoms with Gasteiger partial charge < -0.3 is 15.0 Å². The third-order valence-corrected chi connectivity index (χ3v) is 5.32. The van der Waals surface area contributed by atoms with Crippen LogP contribution in [0.3, 0.4) is 0 Å². The van der Waals surface area contributed by atoms with Crippen LogP contribution in [-0.2, 0) is 13.8 Å². The van der Waals surface area contributed by atoms with Crippen LogP contribution in [0.15, 0.2) is 42.7 Å². The standard InChI is InChI=1S/C21H23N7O5/c1-25-19(21(30)26-10-5-2-6-11-26)16(13-22-25)23-20(29)15-9-12-27(24-15)14-33-18-8-4-3-7-17(18)28(31)32/h3-4,7-9,12-13H,2,5-6,10-11,14H2,1H3,(H,23,29). The van der Waals surface area contributed by atoms with E-state index in [0.29, 0.717) is 24.5 Å². The lowest BCUT2D eigenvalue weighted by molar-refractivity contribution is -0.386. The van der Waals surface area contributed by atoms with Crippen LogP contribution >= 0.6 is 0 Å². The summed E-state index contributed by atoms with van der Waals surface area (Å²) in [4.78, 5) is 38.0. The number of ether oxygens (including phenoxy) is 1. The summed E-state index contributed by atoms with van der Waals surface area (Å²) < 4.78 is 8.27. The highest BCUT2D eigenvalue weighted by Crippen LogP contribution is 2.26. The number of nitro groups is 1. The van der Waals surface area contributed by atoms with E-state index < -0.39 is 10.8 Å². The van der Waals surface area contributed by atoms with Crippen molar-refractivity contribution in [2.45, 2.75) is 26.0 Å². The molecule has 1 aliphatic rings. The lowest BCUT2D eigenvalue weighted by Crippen LogP contribution is -2.37. The van der Waals surface area contributed by atoms with Crippen molar-refractivity contribution in [3.05, 3.63) is 64.2 Å². The van der Waals surface area contributed by atoms with E-state index >= 15 is 0 Å². The molecule has 0 bridgehead atoms. The van der Waals surface area contributed by atoms with Crippen LogP contribution < -0.4 is 10.1 Å². The van der Waals surface area contributed by atoms with Gasteiger partial charge in [0, 0.05) is 32.4 Å². The maximum Gasteiger partial charge on any atom is 0.311 e. The maximum absolute atomic E-state index is 12.9. The Balaban J connectivity index is 1.43. The van der Waals surface area contributed by atoms with Crippen LogP contribution in [0.5, 0.6) is 5.75 Å². The Kier molecular flexibility index (Phi) is 6.33. The average Bonchev–Trinajstić information content (AvgIpc) is 3.44. The first kappa shape index (κ1) is 22.0. The van der Waals surface area contributed by atoms with Gasteiger partial charge in [0.2, 0.25) is 0 Å². The molecule has 0 radical (unpaired) electrons. The van der Waals surface area contributed by atoms with Crippen molar-refractivity contribution >= 4 is 23.2 Å². The van der Waals surface area contributed by atoms with Gasteiger partial charge in [0.15, 0.2) is 18.2 Å². The van der Waals surface area contributed by atoms with Gasteiger partial charge in [0.1, 0.15) is 5.69 Å². The fourth-order valence-corrected chi connectivity index (χ4v) is 3.64. The van der Waals surface area contributed by atoms with Crippen LogP contribution in [-0.4, -0.2) is 54.3 Å². The highest BCUT2D eigenvalue weighted by Gasteiger charge is 2.25. The van der Waals surface area contributed by atoms with E-state index in [-0.39, 0.29) is 29.8 Å². The number of carbonyl (C=O) groups is 2. The van der Waals surface area contributed by atoms with Crippen LogP contribution in [0.2, 0.25) is 0 Å². The molecule has 0 unspecified atom stereocenters. The second-order valence-corrected chi connectivity index (χ2v) is 7.58. The summed E-state index contributed by atoms with van der Waals surface area (Å²) in [6.07, 6.45) is 5.97. The smallest absolute Gasteiger partial charge is 0.311 e. The molecule has 0 saturated carbocycles. The largest absolute Gasteiger partial charge is 0.464 e. The van der Waals surface area contributed by atoms with Gasteiger partial charge in [0.05, 0.1) is 16.8 Å². The summed E-state index contributed by atoms with van der Waals surface area (Å²) >= 11 is 0. The normalized spacial score (nSPS) is 13.5. The predicted molar refractivity (Wildman–Crippen MR) is 117 cm³/mol. The molecule has 0 spiro atoms. The molecular formula is C21H23N7O5. The molecule has 1 aliphatic heterocycles. The second-order valence-electron chi connectivity index (χ2n) is 7.58. The van der Waals surface area contributed by atoms with Gasteiger partial charge in [-0.1, -0.05) is 12.1 Å². The van der Waals surface area contributed by atoms with Crippen LogP contribution in [0, 0.1) is 10.1 Å². The fraction of sp³-hybridized carbons (Fsp3) is 0.333. The molecule has 3 heterocycles. The molecule has 12 heteroatoms. The number of hydrogen-bond donors (Lipinski definition) is 1. The first-order valence-electron chi connectivity index (χ1n) is 10.5. The van der Waals surface area contributed by atoms with Crippen molar-refractivity contribution < 1.29 is 19.2 Å². The highest BCUT2D eigenvalue weighted by atomic mass is 16.6. The van der Waals surface area contributed by atoms with Gasteiger partial charge in [-0.05, 0) is 31.4 Å². The van der Waals surface area contributed by atoms with E-state index in [1.54, 1.807) is 24.1 Å². The van der Waals surface area contributed by atoms with E-state index in [4.69, 9.17) is 4.74 Å². The number of aromatic nitrogens is 4. The summed E-state index contributed by atoms with van der Waals surface area (Å²) in [5.41, 5.74) is 0.555. The lowest BCUT2D eigenvalue weighted by Gasteiger charge is -2.27. The van der Waals surface area contributed by atoms with Crippen molar-refractivity contribution in [3.63, 3.8) is 0 Å². The van der Waals surface area contributed by atoms with Crippen molar-refractivity contribution in [1.29, 1.82) is 0 Å². The monoisotopic (exact) mass is 453 g/mol. The number of para-hydroxylation sites is 2. The Hall–Kier alpha value is -4.22. The number of carbonyl (C=O) groups excluding carboxylic acids is 2. The fourth-order valence-electron chi connectivity index (χ4n) is 3.64. The van der Waals surface area contributed by atoms with Crippen molar-refractivity contribution in [2.75, 3.05) is 18.4 Å². The number of hydrogen-bond acceptors (Lipinski definition) is 7. The number of rotatable bonds is 7. The van der Waals surface area contributed by atoms with Gasteiger partial charge in [0.25, 0.3) is 11.8 Å². The van der Waals surface area contributed by atoms with Crippen LogP contribution in [0.4, 0.5) is 11.4 Å². The molecule has 2 aromatic heterocycles. The number of amides is 2. The Bertz CT molecular complexity index is 1180. The Morgan fingerprint density at radius 1 is 1.18 bits per heavy atom. The minimum atomic E-state index is -0.534. The number of anilines is 1. The molecule has 2 amide bonds. The predicted octanol–water partition coefficient (Wildman–Crippen LogP) is 2.44. The van der Waals surface area contributed by atoms with E-state index in [1.165, 1.54) is 40.0 Å². The highest BCUT2D eigenvalue weighted by molar-refractivity contribution is 6.07. The summed E-state index contributed by atoms with van der Waals surface area (Å²) in [7, 11) is 1.65. The topological polar surface area (TPSA) is 137 Å². The molecule has 0 atom stereocenters. The third-order valence-electron chi connectivity index (χ3n) is 5.32. The number of nitrogens with one attached hydrogen (secondary N) is 1. The van der Waals surface area contributed by atoms with Crippen LogP contribution in [0.1, 0.15) is 40.2 Å². The zero-order chi connectivity index (χ0) is 23.4. The Morgan fingerprint density at radius 3 is 2.70 bits per heavy atom. The van der Waals surface area contributed by atoms with E-state index in [2.05, 4.69) is 15.5 Å². The number of nitrogens with zero attached hydrogens (tertiary/aromatic N) is 6. The number of aryl methyl sites for hydroxylation is 1. The molecule has 1 saturated heterocycles. The second kappa shape index (κ2) is 9.51. The molecule has 1 fully saturated rings. The zero-order valence-corrected chi connectivity index (χ0v) is 18.0. The SMILES string of the molecule is Cn1ncc(NC(=O)c2ccn(COc3ccccc3[N+](=O)[O-])n2)c1C(=O)N1CCCCC1. The summed E-state index contributed by atoms with van der Waals surface area (Å²) in [5, 5.41) is 22.1. The minimum absolute atomic E-state index is 0.0974. The molecule has 172 valence electrons. The Labute approximate surface area is 188 Å². The molecule has 4 rings (SSSR count). The molecule has 33 heavy (non-hydrogen) atoms. The summed E-state index contributed by atoms with van der Waals surface area (Å²) in [5.74, 6) is -0.589. The van der Waals surface area contributed by atoms with E-state index in [0.717, 1.165) is 19.3 Å². The van der Waals surface area contributed by atoms with Crippen LogP contribution in [0.25, 0.3) is 0 Å². The summed E-state index contributed by atoms with van der Waals surface area (Å²) in [6.45, 7) is 1.24. The maximum atomic E-state index is 12.9. The lowest BCUT2D eigenvalue weighted by atomic mass is 10.1. The van der Waals surface area contributed by atoms with Gasteiger partial charge in [-0.25, -0.2) is 4.68 Å². The minimum Gasteiger partial charge on any atom is -0.464 e. The molecule has 1 N–H and O–H groups in total. The zero-order valence-electron chi connectivity index (χ0n) is 18.0. The van der Waals surface area contributed by atoms with Crippen molar-refractivity contribution in [1.82, 2.24) is 24.5 Å². The molecular weight excluding hydrogens is 430 g/mol. The Morgan fingerprint density at radius 2 is 1.94 bits per heavy atom. The number of piperidine rings is 1. The van der Waals surface area contributed by atoms with Gasteiger partial charge in [-0.15, -0.1) is 0 Å². The molecule has 1 aromatic carbocycles. The quantitative estimate of drug-likeness (QED) is 0.428. The first-order chi connectivity index (χ1) is 15.9. The molecule has 3 aromatic rings. The number of likely N-dealkylation sites (tertiary alicyclic amines) is 1. The average molecular weight is 453 g/mol. The van der Waals surface area contributed by atoms with Gasteiger partial charge in [-0.3, -0.25) is 24.4 Å². The van der Waals surface area contributed by atoms with Crippen molar-refractivity contribution in [2.24, 2.45) is 7.05 Å². The third kappa shape index (κ3) is 4.84. The van der Waals surface area contributed by atoms with Crippen molar-refractivity contribution in [3.8, 4) is 5.75 Å². The van der Waals surface area contributed by atoms with Gasteiger partial charge >= 0.3 is 5.69 Å². The molecule has 0 aliphatic carbocycles. The summed E-state index contributed by atoms with van der Waals surface area (Å²) in [6, 6.07) is 7.48. The van der Waals surface area contributed by atoms with Gasteiger partial charge in [-0.2, -0.15) is 10.2 Å². The number of nitro benzene ring substituents is 1. The number of benzene rings is 1. The first-order valence-corrected chi connectivity index (χ1v) is 10.5.